The molecule has 1 aromatic carbocycles. The molecule has 14 heavy (non-hydrogen) atoms. The van der Waals surface area contributed by atoms with Gasteiger partial charge in [0.05, 0.1) is 15.1 Å². The Kier molecular flexibility index (Phi) is 2.85. The molecule has 2 nitrogen and oxygen atoms in total. The quantitative estimate of drug-likeness (QED) is 0.752. The molecule has 0 fully saturated rings. The van der Waals surface area contributed by atoms with Gasteiger partial charge in [0, 0.05) is 0 Å². The van der Waals surface area contributed by atoms with E-state index in [0.717, 1.165) is 20.9 Å². The molecule has 0 saturated heterocycles. The molecule has 2 aromatic rings. The van der Waals surface area contributed by atoms with Gasteiger partial charge in [-0.05, 0) is 36.2 Å². The number of hydrogen-bond donors (Lipinski definition) is 0. The molecule has 1 aromatic heterocycles. The zero-order valence-electron chi connectivity index (χ0n) is 7.82. The molecule has 0 saturated carbocycles. The monoisotopic (exact) mass is 244 g/mol. The zero-order valence-corrected chi connectivity index (χ0v) is 10.2. The van der Waals surface area contributed by atoms with E-state index in [1.807, 2.05) is 18.2 Å². The Hall–Kier alpha value is -0.450. The molecule has 0 aliphatic rings. The van der Waals surface area contributed by atoms with Gasteiger partial charge in [-0.1, -0.05) is 28.4 Å². The van der Waals surface area contributed by atoms with Crippen LogP contribution in [0.5, 0.6) is 0 Å². The maximum atomic E-state index is 6.10. The highest BCUT2D eigenvalue weighted by Gasteiger charge is 2.07. The van der Waals surface area contributed by atoms with Gasteiger partial charge >= 0.3 is 0 Å². The minimum atomic E-state index is 0.00129. The van der Waals surface area contributed by atoms with E-state index in [4.69, 9.17) is 11.6 Å². The van der Waals surface area contributed by atoms with Crippen LogP contribution >= 0.6 is 23.1 Å². The summed E-state index contributed by atoms with van der Waals surface area (Å²) in [7, 11) is 0.00129. The van der Waals surface area contributed by atoms with Crippen LogP contribution in [0.25, 0.3) is 10.1 Å². The maximum Gasteiger partial charge on any atom is 0.181 e. The molecular formula is C9H9ClN2S2. The highest BCUT2D eigenvalue weighted by molar-refractivity contribution is 7.85. The van der Waals surface area contributed by atoms with Crippen molar-refractivity contribution in [2.24, 2.45) is 4.36 Å². The van der Waals surface area contributed by atoms with Gasteiger partial charge in [-0.3, -0.25) is 0 Å². The molecule has 0 aliphatic carbocycles. The molecular weight excluding hydrogens is 236 g/mol. The SMILES string of the molecule is CS(C)=Nc1nsc2cccc(Cl)c12. The van der Waals surface area contributed by atoms with Crippen molar-refractivity contribution in [3.8, 4) is 0 Å². The largest absolute Gasteiger partial charge is 0.207 e. The predicted octanol–water partition coefficient (Wildman–Crippen LogP) is 3.64. The average molecular weight is 245 g/mol. The molecule has 1 heterocycles. The van der Waals surface area contributed by atoms with Crippen molar-refractivity contribution in [3.05, 3.63) is 23.2 Å². The van der Waals surface area contributed by atoms with Crippen LogP contribution in [0.15, 0.2) is 22.6 Å². The minimum Gasteiger partial charge on any atom is -0.207 e. The van der Waals surface area contributed by atoms with Crippen LogP contribution < -0.4 is 0 Å². The number of fused-ring (bicyclic) bond motifs is 1. The molecule has 0 atom stereocenters. The average Bonchev–Trinajstić information content (AvgIpc) is 2.49. The van der Waals surface area contributed by atoms with E-state index < -0.39 is 0 Å². The van der Waals surface area contributed by atoms with Crippen molar-refractivity contribution in [1.29, 1.82) is 0 Å². The van der Waals surface area contributed by atoms with E-state index in [-0.39, 0.29) is 10.7 Å². The summed E-state index contributed by atoms with van der Waals surface area (Å²) >= 11 is 7.54. The first-order valence-electron chi connectivity index (χ1n) is 4.02. The summed E-state index contributed by atoms with van der Waals surface area (Å²) in [6.07, 6.45) is 4.12. The Morgan fingerprint density at radius 1 is 1.43 bits per heavy atom. The number of aromatic nitrogens is 1. The first-order valence-corrected chi connectivity index (χ1v) is 7.17. The summed E-state index contributed by atoms with van der Waals surface area (Å²) in [4.78, 5) is 0. The second-order valence-corrected chi connectivity index (χ2v) is 5.93. The Morgan fingerprint density at radius 3 is 2.93 bits per heavy atom. The topological polar surface area (TPSA) is 25.2 Å². The summed E-state index contributed by atoms with van der Waals surface area (Å²) in [6.45, 7) is 0. The third kappa shape index (κ3) is 1.82. The number of benzene rings is 1. The number of rotatable bonds is 1. The fourth-order valence-corrected chi connectivity index (χ4v) is 2.76. The Morgan fingerprint density at radius 2 is 2.21 bits per heavy atom. The van der Waals surface area contributed by atoms with Crippen LogP contribution in [0.1, 0.15) is 0 Å². The number of halogens is 1. The molecule has 0 radical (unpaired) electrons. The Bertz CT molecular complexity index is 500. The van der Waals surface area contributed by atoms with Crippen LogP contribution in [0.3, 0.4) is 0 Å². The van der Waals surface area contributed by atoms with Crippen LogP contribution in [0.4, 0.5) is 5.82 Å². The van der Waals surface area contributed by atoms with Gasteiger partial charge in [0.2, 0.25) is 0 Å². The van der Waals surface area contributed by atoms with Gasteiger partial charge in [-0.15, -0.1) is 0 Å². The molecule has 5 heteroatoms. The molecule has 0 N–H and O–H groups in total. The highest BCUT2D eigenvalue weighted by atomic mass is 35.5. The molecule has 0 bridgehead atoms. The van der Waals surface area contributed by atoms with Crippen molar-refractivity contribution in [1.82, 2.24) is 4.37 Å². The summed E-state index contributed by atoms with van der Waals surface area (Å²) in [6, 6.07) is 5.83. The second-order valence-electron chi connectivity index (χ2n) is 2.98. The first kappa shape index (κ1) is 10.1. The van der Waals surface area contributed by atoms with Gasteiger partial charge in [-0.25, -0.2) is 4.36 Å². The third-order valence-electron chi connectivity index (χ3n) is 1.70. The Labute approximate surface area is 94.2 Å². The lowest BCUT2D eigenvalue weighted by atomic mass is 10.3. The second kappa shape index (κ2) is 3.96. The van der Waals surface area contributed by atoms with Crippen molar-refractivity contribution < 1.29 is 0 Å². The minimum absolute atomic E-state index is 0.00129. The van der Waals surface area contributed by atoms with Crippen molar-refractivity contribution in [2.45, 2.75) is 0 Å². The summed E-state index contributed by atoms with van der Waals surface area (Å²) in [5.74, 6) is 0.781. The smallest absolute Gasteiger partial charge is 0.181 e. The lowest BCUT2D eigenvalue weighted by molar-refractivity contribution is 1.48. The van der Waals surface area contributed by atoms with E-state index in [0.29, 0.717) is 0 Å². The fourth-order valence-electron chi connectivity index (χ4n) is 1.17. The molecule has 0 amide bonds. The normalized spacial score (nSPS) is 11.1. The maximum absolute atomic E-state index is 6.10. The molecule has 2 rings (SSSR count). The van der Waals surface area contributed by atoms with Crippen LogP contribution in [0.2, 0.25) is 5.02 Å². The van der Waals surface area contributed by atoms with Gasteiger partial charge in [0.25, 0.3) is 0 Å². The Balaban J connectivity index is 2.73. The number of nitrogens with zero attached hydrogens (tertiary/aromatic N) is 2. The van der Waals surface area contributed by atoms with Crippen LogP contribution in [-0.2, 0) is 10.7 Å². The highest BCUT2D eigenvalue weighted by Crippen LogP contribution is 2.34. The van der Waals surface area contributed by atoms with Crippen LogP contribution in [-0.4, -0.2) is 16.9 Å². The summed E-state index contributed by atoms with van der Waals surface area (Å²) in [5.41, 5.74) is 0. The first-order chi connectivity index (χ1) is 6.68. The summed E-state index contributed by atoms with van der Waals surface area (Å²) < 4.78 is 9.84. The zero-order chi connectivity index (χ0) is 10.1. The van der Waals surface area contributed by atoms with Gasteiger partial charge < -0.3 is 0 Å². The fraction of sp³-hybridized carbons (Fsp3) is 0.222. The van der Waals surface area contributed by atoms with Crippen molar-refractivity contribution in [3.63, 3.8) is 0 Å². The lowest BCUT2D eigenvalue weighted by Gasteiger charge is -1.94. The third-order valence-corrected chi connectivity index (χ3v) is 3.35. The lowest BCUT2D eigenvalue weighted by Crippen LogP contribution is -1.76. The molecule has 0 unspecified atom stereocenters. The standard InChI is InChI=1S/C9H9ClN2S2/c1-14(2)12-9-8-6(10)4-3-5-7(8)13-11-9/h3-5H,1-2H3. The van der Waals surface area contributed by atoms with E-state index >= 15 is 0 Å². The van der Waals surface area contributed by atoms with E-state index in [1.54, 1.807) is 0 Å². The number of hydrogen-bond acceptors (Lipinski definition) is 3. The van der Waals surface area contributed by atoms with E-state index in [9.17, 15) is 0 Å². The summed E-state index contributed by atoms with van der Waals surface area (Å²) in [5, 5.41) is 1.72. The van der Waals surface area contributed by atoms with Crippen molar-refractivity contribution >= 4 is 49.7 Å². The van der Waals surface area contributed by atoms with Gasteiger partial charge in [0.15, 0.2) is 5.82 Å². The van der Waals surface area contributed by atoms with E-state index in [2.05, 4.69) is 21.2 Å². The van der Waals surface area contributed by atoms with Crippen molar-refractivity contribution in [2.75, 3.05) is 12.5 Å². The van der Waals surface area contributed by atoms with Gasteiger partial charge in [0.1, 0.15) is 0 Å². The molecule has 74 valence electrons. The van der Waals surface area contributed by atoms with E-state index in [1.165, 1.54) is 11.5 Å². The van der Waals surface area contributed by atoms with Gasteiger partial charge in [-0.2, -0.15) is 4.37 Å². The molecule has 0 spiro atoms. The van der Waals surface area contributed by atoms with Crippen LogP contribution in [0, 0.1) is 0 Å². The molecule has 0 aliphatic heterocycles. The predicted molar refractivity (Wildman–Crippen MR) is 65.9 cm³/mol.